The summed E-state index contributed by atoms with van der Waals surface area (Å²) in [5.41, 5.74) is 1.49. The van der Waals surface area contributed by atoms with Crippen LogP contribution in [0.15, 0.2) is 28.7 Å². The fraction of sp³-hybridized carbons (Fsp3) is 0.0833. The van der Waals surface area contributed by atoms with Gasteiger partial charge < -0.3 is 0 Å². The molecule has 0 aromatic heterocycles. The van der Waals surface area contributed by atoms with Crippen LogP contribution in [0.4, 0.5) is 10.1 Å². The Balaban J connectivity index is 2.84. The maximum Gasteiger partial charge on any atom is 0.190 e. The molecule has 0 atom stereocenters. The molecule has 2 rings (SSSR count). The van der Waals surface area contributed by atoms with Crippen LogP contribution in [0.3, 0.4) is 0 Å². The molecular formula is C12H7BrFN. The van der Waals surface area contributed by atoms with Gasteiger partial charge >= 0.3 is 0 Å². The largest absolute Gasteiger partial charge is 0.238 e. The molecule has 0 aliphatic rings. The average molecular weight is 264 g/mol. The summed E-state index contributed by atoms with van der Waals surface area (Å²) in [5, 5.41) is 1.69. The van der Waals surface area contributed by atoms with Crippen molar-refractivity contribution in [3.8, 4) is 0 Å². The van der Waals surface area contributed by atoms with E-state index in [9.17, 15) is 4.39 Å². The van der Waals surface area contributed by atoms with E-state index in [0.29, 0.717) is 10.2 Å². The van der Waals surface area contributed by atoms with Gasteiger partial charge in [0.05, 0.1) is 11.0 Å². The number of rotatable bonds is 0. The summed E-state index contributed by atoms with van der Waals surface area (Å²) in [5.74, 6) is -0.280. The van der Waals surface area contributed by atoms with Crippen molar-refractivity contribution in [2.45, 2.75) is 6.92 Å². The highest BCUT2D eigenvalue weighted by Crippen LogP contribution is 2.29. The summed E-state index contributed by atoms with van der Waals surface area (Å²) in [6, 6.07) is 6.78. The monoisotopic (exact) mass is 263 g/mol. The second-order valence-corrected chi connectivity index (χ2v) is 4.22. The van der Waals surface area contributed by atoms with Gasteiger partial charge in [0.1, 0.15) is 5.82 Å². The van der Waals surface area contributed by atoms with Crippen molar-refractivity contribution in [3.63, 3.8) is 0 Å². The molecule has 2 aromatic carbocycles. The van der Waals surface area contributed by atoms with Crippen LogP contribution in [0.5, 0.6) is 0 Å². The standard InChI is InChI=1S/C12H7BrFN/c1-7-3-8-5-11(14)10(13)4-9(8)6-12(7)15-2/h3-6H,1H3. The molecule has 0 heterocycles. The summed E-state index contributed by atoms with van der Waals surface area (Å²) in [7, 11) is 0. The maximum absolute atomic E-state index is 13.3. The Morgan fingerprint density at radius 1 is 1.20 bits per heavy atom. The van der Waals surface area contributed by atoms with Crippen LogP contribution in [0.2, 0.25) is 0 Å². The third-order valence-electron chi connectivity index (χ3n) is 2.31. The lowest BCUT2D eigenvalue weighted by Crippen LogP contribution is -1.81. The number of aryl methyl sites for hydroxylation is 1. The van der Waals surface area contributed by atoms with Gasteiger partial charge in [0.25, 0.3) is 0 Å². The molecule has 0 fully saturated rings. The second-order valence-electron chi connectivity index (χ2n) is 3.36. The zero-order chi connectivity index (χ0) is 11.0. The van der Waals surface area contributed by atoms with Crippen LogP contribution in [0.1, 0.15) is 5.56 Å². The first-order valence-corrected chi connectivity index (χ1v) is 5.18. The molecule has 0 bridgehead atoms. The molecule has 0 saturated carbocycles. The molecule has 0 unspecified atom stereocenters. The first-order chi connectivity index (χ1) is 7.11. The molecule has 0 N–H and O–H groups in total. The number of hydrogen-bond donors (Lipinski definition) is 0. The molecule has 0 aliphatic heterocycles. The Labute approximate surface area is 95.5 Å². The van der Waals surface area contributed by atoms with Gasteiger partial charge in [-0.25, -0.2) is 9.24 Å². The lowest BCUT2D eigenvalue weighted by molar-refractivity contribution is 0.623. The first-order valence-electron chi connectivity index (χ1n) is 4.38. The third-order valence-corrected chi connectivity index (χ3v) is 2.92. The van der Waals surface area contributed by atoms with Gasteiger partial charge in [0.15, 0.2) is 5.69 Å². The molecule has 0 aliphatic carbocycles. The SMILES string of the molecule is [C-]#[N+]c1cc2cc(Br)c(F)cc2cc1C. The van der Waals surface area contributed by atoms with E-state index in [-0.39, 0.29) is 5.82 Å². The second kappa shape index (κ2) is 3.63. The lowest BCUT2D eigenvalue weighted by atomic mass is 10.1. The van der Waals surface area contributed by atoms with Crippen molar-refractivity contribution in [2.24, 2.45) is 0 Å². The summed E-state index contributed by atoms with van der Waals surface area (Å²) < 4.78 is 13.7. The quantitative estimate of drug-likeness (QED) is 0.612. The van der Waals surface area contributed by atoms with Gasteiger partial charge in [0.2, 0.25) is 0 Å². The Kier molecular flexibility index (Phi) is 2.45. The van der Waals surface area contributed by atoms with Crippen LogP contribution in [-0.4, -0.2) is 0 Å². The van der Waals surface area contributed by atoms with Crippen LogP contribution in [0.25, 0.3) is 15.6 Å². The normalized spacial score (nSPS) is 10.3. The fourth-order valence-corrected chi connectivity index (χ4v) is 1.88. The average Bonchev–Trinajstić information content (AvgIpc) is 2.20. The highest BCUT2D eigenvalue weighted by atomic mass is 79.9. The smallest absolute Gasteiger partial charge is 0.190 e. The van der Waals surface area contributed by atoms with E-state index in [1.807, 2.05) is 13.0 Å². The lowest BCUT2D eigenvalue weighted by Gasteiger charge is -2.03. The number of halogens is 2. The molecule has 0 spiro atoms. The predicted octanol–water partition coefficient (Wildman–Crippen LogP) is 4.60. The predicted molar refractivity (Wildman–Crippen MR) is 62.6 cm³/mol. The molecule has 3 heteroatoms. The third kappa shape index (κ3) is 1.73. The van der Waals surface area contributed by atoms with E-state index in [4.69, 9.17) is 6.57 Å². The van der Waals surface area contributed by atoms with Gasteiger partial charge in [-0.2, -0.15) is 0 Å². The molecule has 0 amide bonds. The van der Waals surface area contributed by atoms with Crippen molar-refractivity contribution >= 4 is 32.4 Å². The van der Waals surface area contributed by atoms with Crippen LogP contribution >= 0.6 is 15.9 Å². The Morgan fingerprint density at radius 3 is 2.53 bits per heavy atom. The minimum Gasteiger partial charge on any atom is -0.238 e. The van der Waals surface area contributed by atoms with Crippen molar-refractivity contribution in [1.82, 2.24) is 0 Å². The van der Waals surface area contributed by atoms with Crippen LogP contribution in [0, 0.1) is 19.3 Å². The summed E-state index contributed by atoms with van der Waals surface area (Å²) >= 11 is 3.13. The molecular weight excluding hydrogens is 257 g/mol. The number of nitrogens with zero attached hydrogens (tertiary/aromatic N) is 1. The van der Waals surface area contributed by atoms with Crippen molar-refractivity contribution in [1.29, 1.82) is 0 Å². The number of benzene rings is 2. The van der Waals surface area contributed by atoms with Gasteiger partial charge in [-0.1, -0.05) is 6.07 Å². The van der Waals surface area contributed by atoms with Crippen molar-refractivity contribution in [3.05, 3.63) is 51.5 Å². The summed E-state index contributed by atoms with van der Waals surface area (Å²) in [6.45, 7) is 8.85. The van der Waals surface area contributed by atoms with Gasteiger partial charge in [-0.05, 0) is 57.4 Å². The Bertz CT molecular complexity index is 584. The molecule has 0 radical (unpaired) electrons. The van der Waals surface area contributed by atoms with Crippen LogP contribution in [-0.2, 0) is 0 Å². The summed E-state index contributed by atoms with van der Waals surface area (Å²) in [6.07, 6.45) is 0. The maximum atomic E-state index is 13.3. The first kappa shape index (κ1) is 10.1. The molecule has 1 nitrogen and oxygen atoms in total. The van der Waals surface area contributed by atoms with E-state index in [1.54, 1.807) is 12.1 Å². The number of hydrogen-bond acceptors (Lipinski definition) is 0. The zero-order valence-electron chi connectivity index (χ0n) is 8.01. The minimum absolute atomic E-state index is 0.280. The highest BCUT2D eigenvalue weighted by molar-refractivity contribution is 9.10. The van der Waals surface area contributed by atoms with Crippen molar-refractivity contribution in [2.75, 3.05) is 0 Å². The molecule has 74 valence electrons. The Morgan fingerprint density at radius 2 is 1.87 bits per heavy atom. The van der Waals surface area contributed by atoms with E-state index in [2.05, 4.69) is 20.8 Å². The van der Waals surface area contributed by atoms with Crippen LogP contribution < -0.4 is 0 Å². The highest BCUT2D eigenvalue weighted by Gasteiger charge is 2.05. The topological polar surface area (TPSA) is 4.36 Å². The van der Waals surface area contributed by atoms with E-state index in [0.717, 1.165) is 16.3 Å². The zero-order valence-corrected chi connectivity index (χ0v) is 9.60. The fourth-order valence-electron chi connectivity index (χ4n) is 1.52. The molecule has 0 saturated heterocycles. The van der Waals surface area contributed by atoms with Gasteiger partial charge in [-0.15, -0.1) is 0 Å². The van der Waals surface area contributed by atoms with Gasteiger partial charge in [-0.3, -0.25) is 0 Å². The Hall–Kier alpha value is -1.40. The summed E-state index contributed by atoms with van der Waals surface area (Å²) in [4.78, 5) is 3.41. The minimum atomic E-state index is -0.280. The molecule has 2 aromatic rings. The molecule has 15 heavy (non-hydrogen) atoms. The number of fused-ring (bicyclic) bond motifs is 1. The van der Waals surface area contributed by atoms with E-state index >= 15 is 0 Å². The van der Waals surface area contributed by atoms with E-state index < -0.39 is 0 Å². The van der Waals surface area contributed by atoms with E-state index in [1.165, 1.54) is 6.07 Å². The van der Waals surface area contributed by atoms with Crippen molar-refractivity contribution < 1.29 is 4.39 Å². The van der Waals surface area contributed by atoms with Gasteiger partial charge in [0, 0.05) is 0 Å².